The summed E-state index contributed by atoms with van der Waals surface area (Å²) in [5.74, 6) is 1.69. The van der Waals surface area contributed by atoms with Gasteiger partial charge in [-0.25, -0.2) is 4.57 Å². The molecule has 2 aromatic heterocycles. The predicted octanol–water partition coefficient (Wildman–Crippen LogP) is 8.64. The smallest absolute Gasteiger partial charge is 0.237 e. The Morgan fingerprint density at radius 3 is 2.27 bits per heavy atom. The third-order valence-corrected chi connectivity index (χ3v) is 8.77. The first-order valence-corrected chi connectivity index (χ1v) is 13.6. The molecule has 6 rings (SSSR count). The first-order chi connectivity index (χ1) is 17.4. The first-order valence-electron chi connectivity index (χ1n) is 13.6. The van der Waals surface area contributed by atoms with Crippen LogP contribution < -0.4 is 4.57 Å². The number of hydrogen-bond acceptors (Lipinski definition) is 0. The van der Waals surface area contributed by atoms with E-state index in [-0.39, 0.29) is 10.8 Å². The Kier molecular flexibility index (Phi) is 5.06. The molecule has 0 radical (unpaired) electrons. The van der Waals surface area contributed by atoms with Crippen molar-refractivity contribution in [1.29, 1.82) is 0 Å². The molecule has 5 aromatic rings. The lowest BCUT2D eigenvalue weighted by Crippen LogP contribution is -2.34. The zero-order valence-corrected chi connectivity index (χ0v) is 23.8. The minimum Gasteiger partial charge on any atom is -0.237 e. The molecule has 0 saturated carbocycles. The molecular weight excluding hydrogens is 448 g/mol. The van der Waals surface area contributed by atoms with Crippen LogP contribution in [0.2, 0.25) is 0 Å². The van der Waals surface area contributed by atoms with E-state index in [2.05, 4.69) is 138 Å². The Bertz CT molecular complexity index is 1720. The normalized spacial score (nSPS) is 14.5. The molecule has 2 heteroatoms. The summed E-state index contributed by atoms with van der Waals surface area (Å²) < 4.78 is 4.82. The van der Waals surface area contributed by atoms with Gasteiger partial charge in [0.2, 0.25) is 0 Å². The van der Waals surface area contributed by atoms with Gasteiger partial charge in [-0.1, -0.05) is 78.8 Å². The summed E-state index contributed by atoms with van der Waals surface area (Å²) >= 11 is 0. The Morgan fingerprint density at radius 1 is 0.838 bits per heavy atom. The Hall–Kier alpha value is -3.39. The Labute approximate surface area is 221 Å². The van der Waals surface area contributed by atoms with Gasteiger partial charge >= 0.3 is 0 Å². The number of fused-ring (bicyclic) bond motifs is 6. The fraction of sp³-hybridized carbons (Fsp3) is 0.343. The van der Waals surface area contributed by atoms with E-state index in [4.69, 9.17) is 0 Å². The van der Waals surface area contributed by atoms with Crippen LogP contribution in [0.5, 0.6) is 0 Å². The van der Waals surface area contributed by atoms with Crippen molar-refractivity contribution >= 4 is 21.8 Å². The molecule has 0 unspecified atom stereocenters. The van der Waals surface area contributed by atoms with E-state index in [1.807, 2.05) is 0 Å². The number of aryl methyl sites for hydroxylation is 2. The molecule has 0 bridgehead atoms. The van der Waals surface area contributed by atoms with Gasteiger partial charge in [-0.15, -0.1) is 0 Å². The molecule has 1 aliphatic rings. The lowest BCUT2D eigenvalue weighted by atomic mass is 9.82. The fourth-order valence-electron chi connectivity index (χ4n) is 6.59. The van der Waals surface area contributed by atoms with Crippen LogP contribution in [0.15, 0.2) is 66.9 Å². The van der Waals surface area contributed by atoms with Crippen LogP contribution in [-0.2, 0) is 17.9 Å². The van der Waals surface area contributed by atoms with Crippen molar-refractivity contribution in [1.82, 2.24) is 4.57 Å². The lowest BCUT2D eigenvalue weighted by Gasteiger charge is -2.21. The molecule has 0 fully saturated rings. The summed E-state index contributed by atoms with van der Waals surface area (Å²) in [6.45, 7) is 18.6. The van der Waals surface area contributed by atoms with Crippen LogP contribution in [0.1, 0.15) is 82.2 Å². The van der Waals surface area contributed by atoms with Gasteiger partial charge in [0.15, 0.2) is 0 Å². The second kappa shape index (κ2) is 7.81. The van der Waals surface area contributed by atoms with Crippen LogP contribution in [0.25, 0.3) is 38.8 Å². The molecule has 3 aromatic carbocycles. The summed E-state index contributed by atoms with van der Waals surface area (Å²) in [4.78, 5) is 0. The third kappa shape index (κ3) is 3.34. The number of nitrogens with zero attached hydrogens (tertiary/aromatic N) is 2. The van der Waals surface area contributed by atoms with Crippen molar-refractivity contribution in [3.63, 3.8) is 0 Å². The first kappa shape index (κ1) is 24.0. The summed E-state index contributed by atoms with van der Waals surface area (Å²) in [6, 6.07) is 23.3. The van der Waals surface area contributed by atoms with E-state index in [0.717, 1.165) is 0 Å². The van der Waals surface area contributed by atoms with Gasteiger partial charge < -0.3 is 0 Å². The van der Waals surface area contributed by atoms with Gasteiger partial charge in [0, 0.05) is 27.8 Å². The maximum absolute atomic E-state index is 2.54. The zero-order chi connectivity index (χ0) is 26.4. The summed E-state index contributed by atoms with van der Waals surface area (Å²) in [6.07, 6.45) is 2.22. The maximum atomic E-state index is 2.54. The van der Waals surface area contributed by atoms with Gasteiger partial charge in [-0.3, -0.25) is 0 Å². The van der Waals surface area contributed by atoms with E-state index in [0.29, 0.717) is 5.92 Å². The number of rotatable bonds is 2. The molecule has 0 amide bonds. The van der Waals surface area contributed by atoms with Gasteiger partial charge in [-0.05, 0) is 75.9 Å². The van der Waals surface area contributed by atoms with Crippen LogP contribution >= 0.6 is 0 Å². The van der Waals surface area contributed by atoms with Crippen LogP contribution in [-0.4, -0.2) is 4.57 Å². The minimum absolute atomic E-state index is 0.0328. The number of pyridine rings is 1. The van der Waals surface area contributed by atoms with E-state index in [1.54, 1.807) is 0 Å². The topological polar surface area (TPSA) is 8.81 Å². The second-order valence-corrected chi connectivity index (χ2v) is 12.9. The summed E-state index contributed by atoms with van der Waals surface area (Å²) in [7, 11) is 2.17. The van der Waals surface area contributed by atoms with Crippen molar-refractivity contribution in [2.24, 2.45) is 7.05 Å². The average Bonchev–Trinajstić information content (AvgIpc) is 3.27. The molecule has 2 nitrogen and oxygen atoms in total. The molecule has 0 aliphatic heterocycles. The number of hydrogen-bond donors (Lipinski definition) is 0. The molecule has 37 heavy (non-hydrogen) atoms. The van der Waals surface area contributed by atoms with E-state index < -0.39 is 0 Å². The molecule has 188 valence electrons. The van der Waals surface area contributed by atoms with Crippen LogP contribution in [0, 0.1) is 6.92 Å². The summed E-state index contributed by atoms with van der Waals surface area (Å²) in [5, 5.41) is 2.67. The molecule has 0 spiro atoms. The highest BCUT2D eigenvalue weighted by atomic mass is 15.1. The lowest BCUT2D eigenvalue weighted by molar-refractivity contribution is -0.665. The Balaban J connectivity index is 1.80. The van der Waals surface area contributed by atoms with Crippen molar-refractivity contribution in [3.8, 4) is 16.9 Å². The molecule has 2 heterocycles. The Morgan fingerprint density at radius 2 is 1.57 bits per heavy atom. The van der Waals surface area contributed by atoms with Crippen LogP contribution in [0.3, 0.4) is 0 Å². The predicted molar refractivity (Wildman–Crippen MR) is 157 cm³/mol. The van der Waals surface area contributed by atoms with E-state index in [9.17, 15) is 0 Å². The van der Waals surface area contributed by atoms with Crippen LogP contribution in [0.4, 0.5) is 0 Å². The van der Waals surface area contributed by atoms with Gasteiger partial charge in [0.25, 0.3) is 5.82 Å². The minimum atomic E-state index is -0.0328. The maximum Gasteiger partial charge on any atom is 0.286 e. The average molecular weight is 488 g/mol. The largest absolute Gasteiger partial charge is 0.286 e. The van der Waals surface area contributed by atoms with Gasteiger partial charge in [0.05, 0.1) is 13.2 Å². The third-order valence-electron chi connectivity index (χ3n) is 8.77. The van der Waals surface area contributed by atoms with Crippen molar-refractivity contribution in [2.45, 2.75) is 72.1 Å². The van der Waals surface area contributed by atoms with Crippen molar-refractivity contribution < 1.29 is 4.57 Å². The van der Waals surface area contributed by atoms with Gasteiger partial charge in [-0.2, -0.15) is 4.57 Å². The number of aromatic nitrogens is 2. The SMILES string of the molecule is Cc1c(C(C)C)ccc2c3cc4c(cc3n(-c3cc(C(C)(C)C)cc[n+]3C)c12)C(C)(C)c1ccccc1-4. The summed E-state index contributed by atoms with van der Waals surface area (Å²) in [5.41, 5.74) is 12.4. The molecule has 1 aliphatic carbocycles. The quantitative estimate of drug-likeness (QED) is 0.220. The standard InChI is InChI=1S/C35H39N2/c1-21(2)24-14-15-26-28-19-27-25-12-10-11-13-29(25)35(7,8)30(27)20-31(28)37(33(26)22(24)3)32-18-23(34(4,5)6)16-17-36(32)9/h10-21H,1-9H3/q+1. The highest BCUT2D eigenvalue weighted by Crippen LogP contribution is 2.51. The molecular formula is C35H39N2+. The zero-order valence-electron chi connectivity index (χ0n) is 23.8. The van der Waals surface area contributed by atoms with Crippen molar-refractivity contribution in [2.75, 3.05) is 0 Å². The van der Waals surface area contributed by atoms with Crippen molar-refractivity contribution in [3.05, 3.63) is 94.7 Å². The van der Waals surface area contributed by atoms with E-state index in [1.165, 1.54) is 66.6 Å². The highest BCUT2D eigenvalue weighted by Gasteiger charge is 2.37. The molecule has 0 N–H and O–H groups in total. The highest BCUT2D eigenvalue weighted by molar-refractivity contribution is 6.12. The molecule has 0 atom stereocenters. The molecule has 0 saturated heterocycles. The number of benzene rings is 3. The monoisotopic (exact) mass is 487 g/mol. The second-order valence-electron chi connectivity index (χ2n) is 12.9. The fourth-order valence-corrected chi connectivity index (χ4v) is 6.59. The van der Waals surface area contributed by atoms with Gasteiger partial charge in [0.1, 0.15) is 11.0 Å². The van der Waals surface area contributed by atoms with E-state index >= 15 is 0 Å².